The van der Waals surface area contributed by atoms with Crippen LogP contribution in [0.4, 0.5) is 0 Å². The van der Waals surface area contributed by atoms with Gasteiger partial charge in [0, 0.05) is 25.0 Å². The third-order valence-corrected chi connectivity index (χ3v) is 7.50. The van der Waals surface area contributed by atoms with Gasteiger partial charge < -0.3 is 15.4 Å². The van der Waals surface area contributed by atoms with Gasteiger partial charge in [0.05, 0.1) is 4.90 Å². The summed E-state index contributed by atoms with van der Waals surface area (Å²) in [6, 6.07) is 4.67. The smallest absolute Gasteiger partial charge is 0.260 e. The highest BCUT2D eigenvalue weighted by Gasteiger charge is 2.26. The van der Waals surface area contributed by atoms with Crippen LogP contribution in [0.15, 0.2) is 23.1 Å². The van der Waals surface area contributed by atoms with Crippen LogP contribution in [0, 0.1) is 12.8 Å². The molecule has 3 N–H and O–H groups in total. The normalized spacial score (nSPS) is 18.9. The summed E-state index contributed by atoms with van der Waals surface area (Å²) in [5.74, 6) is -0.170. The van der Waals surface area contributed by atoms with Crippen molar-refractivity contribution in [2.24, 2.45) is 11.7 Å². The maximum absolute atomic E-state index is 12.7. The maximum Gasteiger partial charge on any atom is 0.260 e. The molecule has 1 heterocycles. The number of piperidine rings is 1. The second-order valence-corrected chi connectivity index (χ2v) is 9.94. The van der Waals surface area contributed by atoms with Gasteiger partial charge in [0.1, 0.15) is 5.75 Å². The average Bonchev–Trinajstić information content (AvgIpc) is 2.73. The third-order valence-electron chi connectivity index (χ3n) is 5.98. The van der Waals surface area contributed by atoms with Gasteiger partial charge in [0.15, 0.2) is 6.61 Å². The third kappa shape index (κ3) is 5.72. The predicted molar refractivity (Wildman–Crippen MR) is 112 cm³/mol. The molecule has 166 valence electrons. The predicted octanol–water partition coefficient (Wildman–Crippen LogP) is 1.71. The molecule has 1 aliphatic heterocycles. The highest BCUT2D eigenvalue weighted by Crippen LogP contribution is 2.24. The number of hydrogen-bond donors (Lipinski definition) is 2. The van der Waals surface area contributed by atoms with Crippen LogP contribution in [0.25, 0.3) is 0 Å². The molecule has 0 radical (unpaired) electrons. The number of benzene rings is 1. The Morgan fingerprint density at radius 3 is 2.40 bits per heavy atom. The number of nitrogens with one attached hydrogen (secondary N) is 1. The van der Waals surface area contributed by atoms with Crippen LogP contribution in [0.1, 0.15) is 50.5 Å². The van der Waals surface area contributed by atoms with Crippen LogP contribution >= 0.6 is 0 Å². The quantitative estimate of drug-likeness (QED) is 0.673. The minimum absolute atomic E-state index is 0.00342. The van der Waals surface area contributed by atoms with Crippen LogP contribution < -0.4 is 15.2 Å². The first-order chi connectivity index (χ1) is 14.3. The molecule has 8 nitrogen and oxygen atoms in total. The largest absolute Gasteiger partial charge is 0.483 e. The van der Waals surface area contributed by atoms with E-state index in [1.807, 2.05) is 0 Å². The lowest BCUT2D eigenvalue weighted by Crippen LogP contribution is -2.43. The van der Waals surface area contributed by atoms with Crippen LogP contribution in [-0.2, 0) is 19.6 Å². The standard InChI is InChI=1S/C21H31N3O5S/c1-15-13-18(30(27,28)23-17-5-3-2-4-6-17)7-8-19(15)29-14-20(25)24-11-9-16(10-12-24)21(22)26/h7-8,13,16-17,23H,2-6,9-12,14H2,1H3,(H2,22,26). The average molecular weight is 438 g/mol. The number of sulfonamides is 1. The summed E-state index contributed by atoms with van der Waals surface area (Å²) >= 11 is 0. The molecule has 1 saturated heterocycles. The summed E-state index contributed by atoms with van der Waals surface area (Å²) < 4.78 is 33.8. The van der Waals surface area contributed by atoms with Gasteiger partial charge in [-0.15, -0.1) is 0 Å². The Balaban J connectivity index is 1.55. The zero-order valence-electron chi connectivity index (χ0n) is 17.4. The Labute approximate surface area is 178 Å². The van der Waals surface area contributed by atoms with E-state index in [0.717, 1.165) is 32.1 Å². The summed E-state index contributed by atoms with van der Waals surface area (Å²) in [5, 5.41) is 0. The van der Waals surface area contributed by atoms with Crippen LogP contribution in [0.3, 0.4) is 0 Å². The number of carbonyl (C=O) groups is 2. The second-order valence-electron chi connectivity index (χ2n) is 8.23. The van der Waals surface area contributed by atoms with E-state index >= 15 is 0 Å². The van der Waals surface area contributed by atoms with Gasteiger partial charge in [0.25, 0.3) is 5.91 Å². The number of rotatable bonds is 7. The first-order valence-corrected chi connectivity index (χ1v) is 12.1. The van der Waals surface area contributed by atoms with E-state index in [-0.39, 0.29) is 35.3 Å². The van der Waals surface area contributed by atoms with E-state index in [0.29, 0.717) is 37.2 Å². The molecule has 0 atom stereocenters. The Kier molecular flexibility index (Phi) is 7.36. The van der Waals surface area contributed by atoms with Crippen molar-refractivity contribution in [3.63, 3.8) is 0 Å². The van der Waals surface area contributed by atoms with E-state index in [9.17, 15) is 18.0 Å². The van der Waals surface area contributed by atoms with Gasteiger partial charge in [-0.25, -0.2) is 13.1 Å². The molecular weight excluding hydrogens is 406 g/mol. The van der Waals surface area contributed by atoms with E-state index in [4.69, 9.17) is 10.5 Å². The molecule has 0 unspecified atom stereocenters. The summed E-state index contributed by atoms with van der Waals surface area (Å²) in [4.78, 5) is 25.5. The number of likely N-dealkylation sites (tertiary alicyclic amines) is 1. The highest BCUT2D eigenvalue weighted by atomic mass is 32.2. The van der Waals surface area contributed by atoms with Crippen molar-refractivity contribution in [1.82, 2.24) is 9.62 Å². The molecular formula is C21H31N3O5S. The van der Waals surface area contributed by atoms with Crippen molar-refractivity contribution in [1.29, 1.82) is 0 Å². The van der Waals surface area contributed by atoms with Crippen molar-refractivity contribution in [3.8, 4) is 5.75 Å². The summed E-state index contributed by atoms with van der Waals surface area (Å²) in [6.07, 6.45) is 6.14. The molecule has 1 saturated carbocycles. The van der Waals surface area contributed by atoms with Crippen molar-refractivity contribution in [2.45, 2.75) is 62.8 Å². The Hall–Kier alpha value is -2.13. The van der Waals surface area contributed by atoms with Crippen molar-refractivity contribution >= 4 is 21.8 Å². The first kappa shape index (κ1) is 22.6. The van der Waals surface area contributed by atoms with Crippen LogP contribution in [0.2, 0.25) is 0 Å². The number of ether oxygens (including phenoxy) is 1. The summed E-state index contributed by atoms with van der Waals surface area (Å²) in [5.41, 5.74) is 5.98. The lowest BCUT2D eigenvalue weighted by Gasteiger charge is -2.30. The number of amides is 2. The molecule has 9 heteroatoms. The Morgan fingerprint density at radius 1 is 1.13 bits per heavy atom. The number of nitrogens with zero attached hydrogens (tertiary/aromatic N) is 1. The number of carbonyl (C=O) groups excluding carboxylic acids is 2. The zero-order valence-corrected chi connectivity index (χ0v) is 18.2. The van der Waals surface area contributed by atoms with Crippen molar-refractivity contribution in [2.75, 3.05) is 19.7 Å². The lowest BCUT2D eigenvalue weighted by atomic mass is 9.96. The Morgan fingerprint density at radius 2 is 1.80 bits per heavy atom. The zero-order chi connectivity index (χ0) is 21.7. The fraction of sp³-hybridized carbons (Fsp3) is 0.619. The fourth-order valence-corrected chi connectivity index (χ4v) is 5.49. The minimum Gasteiger partial charge on any atom is -0.483 e. The Bertz CT molecular complexity index is 873. The molecule has 2 fully saturated rings. The molecule has 30 heavy (non-hydrogen) atoms. The van der Waals surface area contributed by atoms with E-state index in [1.165, 1.54) is 6.07 Å². The van der Waals surface area contributed by atoms with Gasteiger partial charge in [-0.2, -0.15) is 0 Å². The molecule has 2 aliphatic rings. The first-order valence-electron chi connectivity index (χ1n) is 10.6. The monoisotopic (exact) mass is 437 g/mol. The van der Waals surface area contributed by atoms with Crippen LogP contribution in [-0.4, -0.2) is 50.9 Å². The van der Waals surface area contributed by atoms with E-state index in [2.05, 4.69) is 4.72 Å². The minimum atomic E-state index is -3.58. The molecule has 0 bridgehead atoms. The van der Waals surface area contributed by atoms with Gasteiger partial charge in [-0.3, -0.25) is 9.59 Å². The number of nitrogens with two attached hydrogens (primary N) is 1. The number of hydrogen-bond acceptors (Lipinski definition) is 5. The van der Waals surface area contributed by atoms with E-state index < -0.39 is 10.0 Å². The van der Waals surface area contributed by atoms with Gasteiger partial charge >= 0.3 is 0 Å². The van der Waals surface area contributed by atoms with Crippen molar-refractivity contribution in [3.05, 3.63) is 23.8 Å². The molecule has 3 rings (SSSR count). The summed E-state index contributed by atoms with van der Waals surface area (Å²) in [6.45, 7) is 2.60. The molecule has 1 aromatic carbocycles. The molecule has 0 aromatic heterocycles. The van der Waals surface area contributed by atoms with Crippen molar-refractivity contribution < 1.29 is 22.7 Å². The second kappa shape index (κ2) is 9.78. The van der Waals surface area contributed by atoms with Gasteiger partial charge in [-0.05, 0) is 56.4 Å². The molecule has 1 aliphatic carbocycles. The van der Waals surface area contributed by atoms with Gasteiger partial charge in [0.2, 0.25) is 15.9 Å². The fourth-order valence-electron chi connectivity index (χ4n) is 4.10. The van der Waals surface area contributed by atoms with Crippen LogP contribution in [0.5, 0.6) is 5.75 Å². The number of primary amides is 1. The summed E-state index contributed by atoms with van der Waals surface area (Å²) in [7, 11) is -3.58. The van der Waals surface area contributed by atoms with E-state index in [1.54, 1.807) is 24.0 Å². The SMILES string of the molecule is Cc1cc(S(=O)(=O)NC2CCCCC2)ccc1OCC(=O)N1CCC(C(N)=O)CC1. The topological polar surface area (TPSA) is 119 Å². The maximum atomic E-state index is 12.7. The molecule has 1 aromatic rings. The highest BCUT2D eigenvalue weighted by molar-refractivity contribution is 7.89. The number of aryl methyl sites for hydroxylation is 1. The molecule has 2 amide bonds. The lowest BCUT2D eigenvalue weighted by molar-refractivity contribution is -0.136. The van der Waals surface area contributed by atoms with Gasteiger partial charge in [-0.1, -0.05) is 19.3 Å². The molecule has 0 spiro atoms.